The van der Waals surface area contributed by atoms with E-state index in [0.717, 1.165) is 9.87 Å². The first-order valence-corrected chi connectivity index (χ1v) is 13.2. The summed E-state index contributed by atoms with van der Waals surface area (Å²) >= 11 is 12.6. The van der Waals surface area contributed by atoms with Crippen LogP contribution < -0.4 is 19.1 Å². The Balaban J connectivity index is 1.81. The summed E-state index contributed by atoms with van der Waals surface area (Å²) in [6.07, 6.45) is -0.205. The van der Waals surface area contributed by atoms with E-state index in [1.54, 1.807) is 44.2 Å². The summed E-state index contributed by atoms with van der Waals surface area (Å²) in [6, 6.07) is 16.5. The second-order valence-electron chi connectivity index (χ2n) is 7.92. The maximum absolute atomic E-state index is 13.9. The lowest BCUT2D eigenvalue weighted by Gasteiger charge is -2.26. The fourth-order valence-electron chi connectivity index (χ4n) is 3.82. The van der Waals surface area contributed by atoms with Crippen LogP contribution in [-0.2, 0) is 21.2 Å². The van der Waals surface area contributed by atoms with Crippen molar-refractivity contribution in [3.8, 4) is 11.5 Å². The number of likely N-dealkylation sites (N-methyl/N-ethyl adjacent to an activating group) is 1. The fourth-order valence-corrected chi connectivity index (χ4v) is 5.69. The van der Waals surface area contributed by atoms with Gasteiger partial charge < -0.3 is 14.8 Å². The Bertz CT molecular complexity index is 1360. The smallest absolute Gasteiger partial charge is 0.264 e. The molecule has 0 aliphatic carbocycles. The molecule has 1 heterocycles. The largest absolute Gasteiger partial charge is 0.451 e. The zero-order valence-corrected chi connectivity index (χ0v) is 21.5. The Labute approximate surface area is 214 Å². The molecule has 1 unspecified atom stereocenters. The molecule has 4 rings (SSSR count). The molecular formula is C25H24Cl2N2O5S. The number of fused-ring (bicyclic) bond motifs is 1. The molecule has 1 amide bonds. The molecule has 0 radical (unpaired) electrons. The second kappa shape index (κ2) is 10.4. The number of benzene rings is 3. The van der Waals surface area contributed by atoms with Crippen molar-refractivity contribution in [3.63, 3.8) is 0 Å². The van der Waals surface area contributed by atoms with Gasteiger partial charge in [-0.2, -0.15) is 0 Å². The first-order chi connectivity index (χ1) is 16.7. The molecule has 0 aromatic heterocycles. The zero-order valence-electron chi connectivity index (χ0n) is 19.1. The average molecular weight is 535 g/mol. The summed E-state index contributed by atoms with van der Waals surface area (Å²) in [7, 11) is -4.18. The highest BCUT2D eigenvalue weighted by Gasteiger charge is 2.31. The van der Waals surface area contributed by atoms with Gasteiger partial charge in [-0.3, -0.25) is 9.10 Å². The van der Waals surface area contributed by atoms with Crippen molar-refractivity contribution < 1.29 is 22.7 Å². The third-order valence-electron chi connectivity index (χ3n) is 5.40. The van der Waals surface area contributed by atoms with Gasteiger partial charge in [0.05, 0.1) is 10.6 Å². The van der Waals surface area contributed by atoms with Crippen molar-refractivity contribution in [2.75, 3.05) is 17.4 Å². The summed E-state index contributed by atoms with van der Waals surface area (Å²) in [5, 5.41) is 3.65. The molecule has 184 valence electrons. The number of hydrogen-bond acceptors (Lipinski definition) is 5. The van der Waals surface area contributed by atoms with E-state index in [4.69, 9.17) is 32.7 Å². The van der Waals surface area contributed by atoms with Crippen molar-refractivity contribution in [2.24, 2.45) is 0 Å². The highest BCUT2D eigenvalue weighted by Crippen LogP contribution is 2.38. The molecule has 0 saturated carbocycles. The number of halogens is 2. The van der Waals surface area contributed by atoms with Crippen LogP contribution in [0.5, 0.6) is 11.5 Å². The summed E-state index contributed by atoms with van der Waals surface area (Å²) < 4.78 is 40.0. The van der Waals surface area contributed by atoms with Crippen LogP contribution in [-0.4, -0.2) is 33.7 Å². The summed E-state index contributed by atoms with van der Waals surface area (Å²) in [6.45, 7) is 3.42. The zero-order chi connectivity index (χ0) is 25.2. The number of hydrogen-bond donors (Lipinski definition) is 1. The first-order valence-electron chi connectivity index (χ1n) is 11.0. The van der Waals surface area contributed by atoms with Crippen LogP contribution in [0.2, 0.25) is 10.0 Å². The van der Waals surface area contributed by atoms with Crippen LogP contribution in [0.15, 0.2) is 65.6 Å². The molecule has 1 atom stereocenters. The number of amides is 1. The first kappa shape index (κ1) is 25.2. The van der Waals surface area contributed by atoms with Crippen LogP contribution in [0.4, 0.5) is 5.69 Å². The van der Waals surface area contributed by atoms with E-state index in [1.165, 1.54) is 12.1 Å². The molecule has 0 spiro atoms. The molecule has 3 aromatic carbocycles. The number of rotatable bonds is 8. The predicted octanol–water partition coefficient (Wildman–Crippen LogP) is 5.03. The number of nitrogens with one attached hydrogen (secondary N) is 1. The number of sulfonamides is 1. The van der Waals surface area contributed by atoms with E-state index in [-0.39, 0.29) is 4.90 Å². The molecule has 0 bridgehead atoms. The fraction of sp³-hybridized carbons (Fsp3) is 0.240. The van der Waals surface area contributed by atoms with E-state index in [2.05, 4.69) is 5.32 Å². The van der Waals surface area contributed by atoms with Gasteiger partial charge in [0.1, 0.15) is 6.54 Å². The van der Waals surface area contributed by atoms with Gasteiger partial charge in [-0.05, 0) is 54.4 Å². The number of carbonyl (C=O) groups excluding carboxylic acids is 1. The Hall–Kier alpha value is -2.94. The number of nitrogens with zero attached hydrogens (tertiary/aromatic N) is 1. The van der Waals surface area contributed by atoms with Gasteiger partial charge >= 0.3 is 0 Å². The molecule has 1 aliphatic rings. The molecule has 10 heteroatoms. The minimum absolute atomic E-state index is 0.0307. The third kappa shape index (κ3) is 5.50. The number of ether oxygens (including phenoxy) is 2. The summed E-state index contributed by atoms with van der Waals surface area (Å²) in [5.74, 6) is 0.339. The minimum atomic E-state index is -4.18. The Morgan fingerprint density at radius 3 is 2.49 bits per heavy atom. The molecule has 1 aliphatic heterocycles. The van der Waals surface area contributed by atoms with Gasteiger partial charge in [0.25, 0.3) is 10.0 Å². The van der Waals surface area contributed by atoms with E-state index >= 15 is 0 Å². The normalized spacial score (nSPS) is 14.6. The van der Waals surface area contributed by atoms with Crippen LogP contribution in [0.25, 0.3) is 0 Å². The van der Waals surface area contributed by atoms with Crippen LogP contribution >= 0.6 is 23.2 Å². The van der Waals surface area contributed by atoms with Crippen molar-refractivity contribution in [1.29, 1.82) is 0 Å². The summed E-state index contributed by atoms with van der Waals surface area (Å²) in [5.41, 5.74) is 1.73. The Morgan fingerprint density at radius 2 is 1.74 bits per heavy atom. The SMILES string of the molecule is CCNC(=O)CN(c1ccc(Cl)cc1Cc1ccccc1Cl)S(=O)(=O)c1ccc2c(c1)OC(C)O2. The molecule has 0 fully saturated rings. The highest BCUT2D eigenvalue weighted by atomic mass is 35.5. The van der Waals surface area contributed by atoms with Gasteiger partial charge in [-0.1, -0.05) is 41.4 Å². The quantitative estimate of drug-likeness (QED) is 0.437. The van der Waals surface area contributed by atoms with E-state index in [0.29, 0.717) is 45.8 Å². The second-order valence-corrected chi connectivity index (χ2v) is 10.6. The van der Waals surface area contributed by atoms with Gasteiger partial charge in [-0.25, -0.2) is 8.42 Å². The summed E-state index contributed by atoms with van der Waals surface area (Å²) in [4.78, 5) is 12.6. The van der Waals surface area contributed by atoms with E-state index in [9.17, 15) is 13.2 Å². The van der Waals surface area contributed by atoms with Gasteiger partial charge in [-0.15, -0.1) is 0 Å². The predicted molar refractivity (Wildman–Crippen MR) is 136 cm³/mol. The van der Waals surface area contributed by atoms with Gasteiger partial charge in [0.15, 0.2) is 11.5 Å². The van der Waals surface area contributed by atoms with Gasteiger partial charge in [0, 0.05) is 36.0 Å². The van der Waals surface area contributed by atoms with Crippen molar-refractivity contribution in [3.05, 3.63) is 81.8 Å². The molecule has 3 aromatic rings. The lowest BCUT2D eigenvalue weighted by atomic mass is 10.0. The van der Waals surface area contributed by atoms with Crippen LogP contribution in [0.1, 0.15) is 25.0 Å². The van der Waals surface area contributed by atoms with Crippen molar-refractivity contribution in [2.45, 2.75) is 31.5 Å². The van der Waals surface area contributed by atoms with Gasteiger partial charge in [0.2, 0.25) is 12.2 Å². The molecule has 0 saturated heterocycles. The standard InChI is InChI=1S/C25H24Cl2N2O5S/c1-3-28-25(30)15-29(35(31,32)20-9-11-23-24(14-20)34-16(2)33-23)22-10-8-19(26)13-18(22)12-17-6-4-5-7-21(17)27/h4-11,13-14,16H,3,12,15H2,1-2H3,(H,28,30). The maximum Gasteiger partial charge on any atom is 0.264 e. The molecule has 1 N–H and O–H groups in total. The lowest BCUT2D eigenvalue weighted by molar-refractivity contribution is -0.119. The molecular weight excluding hydrogens is 511 g/mol. The van der Waals surface area contributed by atoms with E-state index in [1.807, 2.05) is 18.2 Å². The van der Waals surface area contributed by atoms with Crippen LogP contribution in [0, 0.1) is 0 Å². The average Bonchev–Trinajstić information content (AvgIpc) is 3.19. The highest BCUT2D eigenvalue weighted by molar-refractivity contribution is 7.92. The topological polar surface area (TPSA) is 84.9 Å². The lowest BCUT2D eigenvalue weighted by Crippen LogP contribution is -2.41. The Morgan fingerprint density at radius 1 is 1.00 bits per heavy atom. The van der Waals surface area contributed by atoms with Crippen molar-refractivity contribution in [1.82, 2.24) is 5.32 Å². The molecule has 35 heavy (non-hydrogen) atoms. The third-order valence-corrected chi connectivity index (χ3v) is 7.76. The number of anilines is 1. The molecule has 7 nitrogen and oxygen atoms in total. The van der Waals surface area contributed by atoms with E-state index < -0.39 is 28.8 Å². The monoisotopic (exact) mass is 534 g/mol. The number of carbonyl (C=O) groups is 1. The van der Waals surface area contributed by atoms with Crippen molar-refractivity contribution >= 4 is 44.8 Å². The maximum atomic E-state index is 13.9. The minimum Gasteiger partial charge on any atom is -0.451 e. The van der Waals surface area contributed by atoms with Crippen LogP contribution in [0.3, 0.4) is 0 Å². The Kier molecular flexibility index (Phi) is 7.44.